The topological polar surface area (TPSA) is 32.3 Å². The molecule has 16 heavy (non-hydrogen) atoms. The molecule has 0 bridgehead atoms. The normalized spacial score (nSPS) is 40.4. The van der Waals surface area contributed by atoms with E-state index in [9.17, 15) is 4.79 Å². The van der Waals surface area contributed by atoms with Gasteiger partial charge in [0.15, 0.2) is 0 Å². The minimum Gasteiger partial charge on any atom is -0.323 e. The average molecular weight is 224 g/mol. The van der Waals surface area contributed by atoms with Crippen LogP contribution in [-0.4, -0.2) is 29.1 Å². The van der Waals surface area contributed by atoms with Crippen LogP contribution >= 0.6 is 0 Å². The number of hydrogen-bond donors (Lipinski definition) is 1. The quantitative estimate of drug-likeness (QED) is 0.779. The molecule has 92 valence electrons. The van der Waals surface area contributed by atoms with Crippen molar-refractivity contribution in [1.29, 1.82) is 0 Å². The van der Waals surface area contributed by atoms with Gasteiger partial charge in [0.25, 0.3) is 0 Å². The van der Waals surface area contributed by atoms with Crippen LogP contribution in [0.25, 0.3) is 0 Å². The average Bonchev–Trinajstić information content (AvgIpc) is 2.56. The van der Waals surface area contributed by atoms with E-state index in [1.54, 1.807) is 0 Å². The zero-order chi connectivity index (χ0) is 11.7. The maximum atomic E-state index is 12.2. The fraction of sp³-hybridized carbons (Fsp3) is 0.923. The Morgan fingerprint density at radius 2 is 1.88 bits per heavy atom. The molecule has 2 unspecified atom stereocenters. The van der Waals surface area contributed by atoms with Gasteiger partial charge in [0, 0.05) is 6.04 Å². The minimum atomic E-state index is 0.0642. The van der Waals surface area contributed by atoms with Gasteiger partial charge in [0.2, 0.25) is 5.91 Å². The minimum absolute atomic E-state index is 0.0642. The van der Waals surface area contributed by atoms with E-state index in [4.69, 9.17) is 0 Å². The predicted molar refractivity (Wildman–Crippen MR) is 64.9 cm³/mol. The molecule has 0 radical (unpaired) electrons. The van der Waals surface area contributed by atoms with E-state index in [1.807, 2.05) is 0 Å². The highest BCUT2D eigenvalue weighted by molar-refractivity contribution is 5.84. The van der Waals surface area contributed by atoms with Crippen molar-refractivity contribution >= 4 is 5.91 Å². The molecule has 1 saturated heterocycles. The Kier molecular flexibility index (Phi) is 3.53. The number of nitrogens with zero attached hydrogens (tertiary/aromatic N) is 1. The Bertz CT molecular complexity index is 259. The highest BCUT2D eigenvalue weighted by atomic mass is 16.2. The van der Waals surface area contributed by atoms with Gasteiger partial charge < -0.3 is 4.90 Å². The van der Waals surface area contributed by atoms with Gasteiger partial charge in [-0.15, -0.1) is 0 Å². The summed E-state index contributed by atoms with van der Waals surface area (Å²) in [6.45, 7) is 6.51. The van der Waals surface area contributed by atoms with E-state index in [0.717, 1.165) is 12.3 Å². The SMILES string of the molecule is CCC1NC(C)N(C2CCC(C)CC2)C1=O. The van der Waals surface area contributed by atoms with Crippen molar-refractivity contribution in [3.8, 4) is 0 Å². The van der Waals surface area contributed by atoms with Crippen LogP contribution in [0.3, 0.4) is 0 Å². The van der Waals surface area contributed by atoms with Crippen LogP contribution < -0.4 is 5.32 Å². The Morgan fingerprint density at radius 3 is 2.38 bits per heavy atom. The first kappa shape index (κ1) is 11.9. The van der Waals surface area contributed by atoms with E-state index in [0.29, 0.717) is 11.9 Å². The number of hydrogen-bond acceptors (Lipinski definition) is 2. The second-order valence-corrected chi connectivity index (χ2v) is 5.46. The predicted octanol–water partition coefficient (Wildman–Crippen LogP) is 2.12. The number of carbonyl (C=O) groups is 1. The zero-order valence-corrected chi connectivity index (χ0v) is 10.7. The lowest BCUT2D eigenvalue weighted by atomic mass is 9.86. The first-order chi connectivity index (χ1) is 7.63. The second kappa shape index (κ2) is 4.74. The summed E-state index contributed by atoms with van der Waals surface area (Å²) in [6.07, 6.45) is 6.07. The van der Waals surface area contributed by atoms with Gasteiger partial charge in [-0.3, -0.25) is 10.1 Å². The summed E-state index contributed by atoms with van der Waals surface area (Å²) in [7, 11) is 0. The summed E-state index contributed by atoms with van der Waals surface area (Å²) in [5.41, 5.74) is 0. The van der Waals surface area contributed by atoms with Crippen molar-refractivity contribution < 1.29 is 4.79 Å². The first-order valence-electron chi connectivity index (χ1n) is 6.71. The molecule has 2 rings (SSSR count). The van der Waals surface area contributed by atoms with Crippen molar-refractivity contribution in [3.05, 3.63) is 0 Å². The first-order valence-corrected chi connectivity index (χ1v) is 6.71. The molecule has 1 heterocycles. The number of nitrogens with one attached hydrogen (secondary N) is 1. The fourth-order valence-corrected chi connectivity index (χ4v) is 3.12. The van der Waals surface area contributed by atoms with Crippen molar-refractivity contribution in [3.63, 3.8) is 0 Å². The highest BCUT2D eigenvalue weighted by Crippen LogP contribution is 2.30. The fourth-order valence-electron chi connectivity index (χ4n) is 3.12. The standard InChI is InChI=1S/C13H24N2O/c1-4-12-13(16)15(10(3)14-12)11-7-5-9(2)6-8-11/h9-12,14H,4-8H2,1-3H3. The third kappa shape index (κ3) is 2.10. The molecule has 3 heteroatoms. The lowest BCUT2D eigenvalue weighted by Gasteiger charge is -2.35. The number of rotatable bonds is 2. The molecule has 1 N–H and O–H groups in total. The van der Waals surface area contributed by atoms with E-state index >= 15 is 0 Å². The summed E-state index contributed by atoms with van der Waals surface area (Å²) >= 11 is 0. The molecule has 3 nitrogen and oxygen atoms in total. The summed E-state index contributed by atoms with van der Waals surface area (Å²) in [4.78, 5) is 14.3. The molecule has 2 aliphatic rings. The molecular formula is C13H24N2O. The monoisotopic (exact) mass is 224 g/mol. The molecular weight excluding hydrogens is 200 g/mol. The summed E-state index contributed by atoms with van der Waals surface area (Å²) in [5.74, 6) is 1.17. The summed E-state index contributed by atoms with van der Waals surface area (Å²) < 4.78 is 0. The third-order valence-electron chi connectivity index (χ3n) is 4.20. The van der Waals surface area contributed by atoms with Gasteiger partial charge in [0.1, 0.15) is 0 Å². The Balaban J connectivity index is 2.01. The number of amides is 1. The van der Waals surface area contributed by atoms with Gasteiger partial charge >= 0.3 is 0 Å². The van der Waals surface area contributed by atoms with Crippen LogP contribution in [0.2, 0.25) is 0 Å². The molecule has 0 aromatic rings. The lowest BCUT2D eigenvalue weighted by Crippen LogP contribution is -2.44. The molecule has 2 atom stereocenters. The second-order valence-electron chi connectivity index (χ2n) is 5.46. The zero-order valence-electron chi connectivity index (χ0n) is 10.7. The molecule has 1 saturated carbocycles. The molecule has 1 aliphatic heterocycles. The third-order valence-corrected chi connectivity index (χ3v) is 4.20. The molecule has 0 aromatic heterocycles. The van der Waals surface area contributed by atoms with Gasteiger partial charge in [-0.2, -0.15) is 0 Å². The van der Waals surface area contributed by atoms with E-state index < -0.39 is 0 Å². The van der Waals surface area contributed by atoms with Crippen molar-refractivity contribution in [2.75, 3.05) is 0 Å². The van der Waals surface area contributed by atoms with Crippen molar-refractivity contribution in [2.24, 2.45) is 5.92 Å². The van der Waals surface area contributed by atoms with Crippen molar-refractivity contribution in [1.82, 2.24) is 10.2 Å². The summed E-state index contributed by atoms with van der Waals surface area (Å²) in [6, 6.07) is 0.553. The Hall–Kier alpha value is -0.570. The smallest absolute Gasteiger partial charge is 0.241 e. The van der Waals surface area contributed by atoms with Gasteiger partial charge in [-0.05, 0) is 44.9 Å². The van der Waals surface area contributed by atoms with Crippen LogP contribution in [0, 0.1) is 5.92 Å². The van der Waals surface area contributed by atoms with Crippen LogP contribution in [0.5, 0.6) is 0 Å². The van der Waals surface area contributed by atoms with Crippen LogP contribution in [0.4, 0.5) is 0 Å². The molecule has 1 amide bonds. The maximum Gasteiger partial charge on any atom is 0.241 e. The lowest BCUT2D eigenvalue weighted by molar-refractivity contribution is -0.132. The van der Waals surface area contributed by atoms with Crippen LogP contribution in [-0.2, 0) is 4.79 Å². The summed E-state index contributed by atoms with van der Waals surface area (Å²) in [5, 5.41) is 3.39. The van der Waals surface area contributed by atoms with Crippen LogP contribution in [0.1, 0.15) is 52.9 Å². The Morgan fingerprint density at radius 1 is 1.25 bits per heavy atom. The molecule has 1 aliphatic carbocycles. The Labute approximate surface area is 98.6 Å². The molecule has 2 fully saturated rings. The van der Waals surface area contributed by atoms with Gasteiger partial charge in [-0.1, -0.05) is 13.8 Å². The molecule has 0 aromatic carbocycles. The van der Waals surface area contributed by atoms with E-state index in [-0.39, 0.29) is 12.2 Å². The largest absolute Gasteiger partial charge is 0.323 e. The molecule has 0 spiro atoms. The van der Waals surface area contributed by atoms with Gasteiger partial charge in [0.05, 0.1) is 12.2 Å². The van der Waals surface area contributed by atoms with Crippen LogP contribution in [0.15, 0.2) is 0 Å². The van der Waals surface area contributed by atoms with Crippen molar-refractivity contribution in [2.45, 2.75) is 71.1 Å². The number of carbonyl (C=O) groups excluding carboxylic acids is 1. The highest BCUT2D eigenvalue weighted by Gasteiger charge is 2.39. The van der Waals surface area contributed by atoms with E-state index in [2.05, 4.69) is 31.0 Å². The maximum absolute atomic E-state index is 12.2. The van der Waals surface area contributed by atoms with Gasteiger partial charge in [-0.25, -0.2) is 0 Å². The van der Waals surface area contributed by atoms with E-state index in [1.165, 1.54) is 25.7 Å².